The summed E-state index contributed by atoms with van der Waals surface area (Å²) in [5.74, 6) is 1.01. The van der Waals surface area contributed by atoms with Crippen LogP contribution in [0.3, 0.4) is 0 Å². The van der Waals surface area contributed by atoms with Crippen molar-refractivity contribution in [3.63, 3.8) is 0 Å². The first kappa shape index (κ1) is 16.0. The topological polar surface area (TPSA) is 90.4 Å². The average Bonchev–Trinajstić information content (AvgIpc) is 2.97. The van der Waals surface area contributed by atoms with Crippen LogP contribution in [0.1, 0.15) is 42.7 Å². The largest absolute Gasteiger partial charge is 0.495 e. The summed E-state index contributed by atoms with van der Waals surface area (Å²) in [6, 6.07) is 6.84. The van der Waals surface area contributed by atoms with Crippen molar-refractivity contribution in [2.24, 2.45) is 11.7 Å². The van der Waals surface area contributed by atoms with Crippen molar-refractivity contribution >= 4 is 11.6 Å². The first-order valence-corrected chi connectivity index (χ1v) is 7.16. The molecular formula is C16H21N3O3. The molecule has 0 spiro atoms. The fourth-order valence-corrected chi connectivity index (χ4v) is 2.11. The molecule has 0 saturated carbocycles. The number of anilines is 1. The van der Waals surface area contributed by atoms with Gasteiger partial charge >= 0.3 is 0 Å². The highest BCUT2D eigenvalue weighted by atomic mass is 16.5. The van der Waals surface area contributed by atoms with Crippen molar-refractivity contribution in [2.75, 3.05) is 12.4 Å². The number of nitrogens with zero attached hydrogens (tertiary/aromatic N) is 1. The van der Waals surface area contributed by atoms with Crippen LogP contribution in [0.15, 0.2) is 34.9 Å². The molecular weight excluding hydrogens is 282 g/mol. The molecule has 1 heterocycles. The van der Waals surface area contributed by atoms with E-state index in [2.05, 4.69) is 24.1 Å². The number of ether oxygens (including phenoxy) is 1. The highest BCUT2D eigenvalue weighted by molar-refractivity contribution is 6.03. The number of para-hydroxylation sites is 2. The quantitative estimate of drug-likeness (QED) is 0.856. The molecule has 6 nitrogen and oxygen atoms in total. The fraction of sp³-hybridized carbons (Fsp3) is 0.375. The Kier molecular flexibility index (Phi) is 5.16. The normalized spacial score (nSPS) is 12.2. The number of methoxy groups -OCH3 is 1. The number of carbonyl (C=O) groups is 1. The number of carbonyl (C=O) groups excluding carboxylic acids is 1. The predicted octanol–water partition coefficient (Wildman–Crippen LogP) is 2.98. The van der Waals surface area contributed by atoms with Crippen LogP contribution in [-0.4, -0.2) is 18.0 Å². The van der Waals surface area contributed by atoms with E-state index in [1.807, 2.05) is 12.1 Å². The van der Waals surface area contributed by atoms with E-state index >= 15 is 0 Å². The summed E-state index contributed by atoms with van der Waals surface area (Å²) in [6.07, 6.45) is 2.06. The molecule has 22 heavy (non-hydrogen) atoms. The molecule has 1 atom stereocenters. The lowest BCUT2D eigenvalue weighted by atomic mass is 10.0. The summed E-state index contributed by atoms with van der Waals surface area (Å²) < 4.78 is 10.5. The second-order valence-electron chi connectivity index (χ2n) is 5.46. The molecule has 0 aliphatic rings. The molecule has 1 amide bonds. The standard InChI is InChI=1S/C16H21N3O3/c1-10(2)8-11(17)16-19-13(9-22-16)15(20)18-12-6-4-5-7-14(12)21-3/h4-7,9-11H,8,17H2,1-3H3,(H,18,20). The number of nitrogens with two attached hydrogens (primary N) is 1. The third-order valence-electron chi connectivity index (χ3n) is 3.15. The van der Waals surface area contributed by atoms with Gasteiger partial charge in [-0.05, 0) is 24.5 Å². The summed E-state index contributed by atoms with van der Waals surface area (Å²) >= 11 is 0. The van der Waals surface area contributed by atoms with E-state index < -0.39 is 0 Å². The number of amides is 1. The number of aromatic nitrogens is 1. The van der Waals surface area contributed by atoms with E-state index in [9.17, 15) is 4.79 Å². The second kappa shape index (κ2) is 7.09. The van der Waals surface area contributed by atoms with Crippen molar-refractivity contribution < 1.29 is 13.9 Å². The smallest absolute Gasteiger partial charge is 0.277 e. The minimum absolute atomic E-state index is 0.195. The van der Waals surface area contributed by atoms with Crippen LogP contribution in [0.5, 0.6) is 5.75 Å². The van der Waals surface area contributed by atoms with Gasteiger partial charge in [-0.1, -0.05) is 26.0 Å². The minimum atomic E-state index is -0.365. The number of benzene rings is 1. The van der Waals surface area contributed by atoms with Crippen molar-refractivity contribution in [3.05, 3.63) is 42.1 Å². The lowest BCUT2D eigenvalue weighted by molar-refractivity contribution is 0.102. The number of nitrogens with one attached hydrogen (secondary N) is 1. The number of hydrogen-bond donors (Lipinski definition) is 2. The van der Waals surface area contributed by atoms with Gasteiger partial charge in [-0.2, -0.15) is 0 Å². The average molecular weight is 303 g/mol. The zero-order chi connectivity index (χ0) is 16.1. The number of hydrogen-bond acceptors (Lipinski definition) is 5. The first-order chi connectivity index (χ1) is 10.5. The Morgan fingerprint density at radius 2 is 2.14 bits per heavy atom. The van der Waals surface area contributed by atoms with Gasteiger partial charge in [0.15, 0.2) is 5.69 Å². The van der Waals surface area contributed by atoms with Crippen LogP contribution >= 0.6 is 0 Å². The van der Waals surface area contributed by atoms with Crippen molar-refractivity contribution in [1.82, 2.24) is 4.98 Å². The second-order valence-corrected chi connectivity index (χ2v) is 5.46. The van der Waals surface area contributed by atoms with Gasteiger partial charge in [-0.25, -0.2) is 4.98 Å². The van der Waals surface area contributed by atoms with Crippen LogP contribution < -0.4 is 15.8 Å². The highest BCUT2D eigenvalue weighted by Crippen LogP contribution is 2.24. The van der Waals surface area contributed by atoms with Gasteiger partial charge < -0.3 is 20.2 Å². The molecule has 1 unspecified atom stereocenters. The van der Waals surface area contributed by atoms with E-state index in [0.717, 1.165) is 6.42 Å². The Hall–Kier alpha value is -2.34. The lowest BCUT2D eigenvalue weighted by Crippen LogP contribution is -2.15. The van der Waals surface area contributed by atoms with Gasteiger partial charge in [0.2, 0.25) is 5.89 Å². The molecule has 0 fully saturated rings. The zero-order valence-electron chi connectivity index (χ0n) is 13.0. The molecule has 0 radical (unpaired) electrons. The molecule has 0 bridgehead atoms. The third kappa shape index (κ3) is 3.85. The molecule has 0 aliphatic heterocycles. The lowest BCUT2D eigenvalue weighted by Gasteiger charge is -2.09. The Morgan fingerprint density at radius 1 is 1.41 bits per heavy atom. The van der Waals surface area contributed by atoms with Crippen molar-refractivity contribution in [1.29, 1.82) is 0 Å². The van der Waals surface area contributed by atoms with Gasteiger partial charge in [0.25, 0.3) is 5.91 Å². The third-order valence-corrected chi connectivity index (χ3v) is 3.15. The van der Waals surface area contributed by atoms with Crippen molar-refractivity contribution in [2.45, 2.75) is 26.3 Å². The maximum absolute atomic E-state index is 12.2. The summed E-state index contributed by atoms with van der Waals surface area (Å²) in [7, 11) is 1.55. The maximum atomic E-state index is 12.2. The SMILES string of the molecule is COc1ccccc1NC(=O)c1coc(C(N)CC(C)C)n1. The van der Waals surface area contributed by atoms with Gasteiger partial charge in [-0.15, -0.1) is 0 Å². The van der Waals surface area contributed by atoms with E-state index in [-0.39, 0.29) is 17.6 Å². The van der Waals surface area contributed by atoms with Crippen molar-refractivity contribution in [3.8, 4) is 5.75 Å². The van der Waals surface area contributed by atoms with Crippen LogP contribution in [0.25, 0.3) is 0 Å². The molecule has 2 aromatic rings. The fourth-order valence-electron chi connectivity index (χ4n) is 2.11. The minimum Gasteiger partial charge on any atom is -0.495 e. The Labute approximate surface area is 129 Å². The van der Waals surface area contributed by atoms with Gasteiger partial charge in [0.05, 0.1) is 18.8 Å². The molecule has 118 valence electrons. The summed E-state index contributed by atoms with van der Waals surface area (Å²) in [5, 5.41) is 2.74. The zero-order valence-corrected chi connectivity index (χ0v) is 13.0. The highest BCUT2D eigenvalue weighted by Gasteiger charge is 2.18. The van der Waals surface area contributed by atoms with Gasteiger partial charge in [0.1, 0.15) is 12.0 Å². The van der Waals surface area contributed by atoms with Crippen LogP contribution in [0, 0.1) is 5.92 Å². The molecule has 2 rings (SSSR count). The van der Waals surface area contributed by atoms with E-state index in [4.69, 9.17) is 14.9 Å². The summed E-state index contributed by atoms with van der Waals surface area (Å²) in [5.41, 5.74) is 6.77. The predicted molar refractivity (Wildman–Crippen MR) is 83.8 cm³/mol. The summed E-state index contributed by atoms with van der Waals surface area (Å²) in [6.45, 7) is 4.14. The molecule has 6 heteroatoms. The molecule has 1 aromatic carbocycles. The molecule has 1 aromatic heterocycles. The first-order valence-electron chi connectivity index (χ1n) is 7.16. The molecule has 0 aliphatic carbocycles. The van der Waals surface area contributed by atoms with E-state index in [0.29, 0.717) is 23.2 Å². The monoisotopic (exact) mass is 303 g/mol. The van der Waals surface area contributed by atoms with E-state index in [1.165, 1.54) is 6.26 Å². The van der Waals surface area contributed by atoms with Gasteiger partial charge in [-0.3, -0.25) is 4.79 Å². The van der Waals surface area contributed by atoms with Crippen LogP contribution in [-0.2, 0) is 0 Å². The van der Waals surface area contributed by atoms with E-state index in [1.54, 1.807) is 19.2 Å². The summed E-state index contributed by atoms with van der Waals surface area (Å²) in [4.78, 5) is 16.4. The number of rotatable bonds is 6. The Morgan fingerprint density at radius 3 is 2.82 bits per heavy atom. The Bertz CT molecular complexity index is 637. The molecule has 0 saturated heterocycles. The Balaban J connectivity index is 2.09. The maximum Gasteiger partial charge on any atom is 0.277 e. The molecule has 3 N–H and O–H groups in total. The van der Waals surface area contributed by atoms with Crippen LogP contribution in [0.4, 0.5) is 5.69 Å². The van der Waals surface area contributed by atoms with Gasteiger partial charge in [0, 0.05) is 0 Å². The van der Waals surface area contributed by atoms with Crippen LogP contribution in [0.2, 0.25) is 0 Å². The number of oxazole rings is 1.